The van der Waals surface area contributed by atoms with E-state index in [0.717, 1.165) is 68.7 Å². The average molecular weight is 439 g/mol. The normalized spacial score (nSPS) is 18.6. The van der Waals surface area contributed by atoms with Crippen LogP contribution in [0.15, 0.2) is 24.3 Å². The van der Waals surface area contributed by atoms with E-state index in [0.29, 0.717) is 12.1 Å². The Hall–Kier alpha value is -2.71. The smallest absolute Gasteiger partial charge is 0.254 e. The third kappa shape index (κ3) is 5.02. The number of nitrogens with zero attached hydrogens (tertiary/aromatic N) is 5. The molecule has 3 heterocycles. The monoisotopic (exact) mass is 438 g/mol. The number of amides is 1. The zero-order valence-electron chi connectivity index (χ0n) is 19.6. The molecule has 1 aromatic heterocycles. The zero-order valence-corrected chi connectivity index (χ0v) is 19.6. The van der Waals surface area contributed by atoms with Gasteiger partial charge in [0.05, 0.1) is 31.5 Å². The molecule has 0 spiro atoms. The third-order valence-electron chi connectivity index (χ3n) is 6.17. The summed E-state index contributed by atoms with van der Waals surface area (Å²) >= 11 is 0. The molecule has 8 nitrogen and oxygen atoms in total. The second kappa shape index (κ2) is 9.83. The molecular formula is C24H34N6O2. The van der Waals surface area contributed by atoms with E-state index in [1.807, 2.05) is 50.3 Å². The molecule has 0 saturated carbocycles. The molecule has 1 unspecified atom stereocenters. The summed E-state index contributed by atoms with van der Waals surface area (Å²) < 4.78 is 5.48. The predicted octanol–water partition coefficient (Wildman–Crippen LogP) is 2.38. The van der Waals surface area contributed by atoms with Crippen molar-refractivity contribution in [3.8, 4) is 0 Å². The number of carbonyl (C=O) groups is 1. The predicted molar refractivity (Wildman–Crippen MR) is 126 cm³/mol. The quantitative estimate of drug-likeness (QED) is 0.742. The Morgan fingerprint density at radius 2 is 1.97 bits per heavy atom. The van der Waals surface area contributed by atoms with Crippen molar-refractivity contribution in [2.75, 3.05) is 63.8 Å². The molecule has 4 rings (SSSR count). The first-order valence-corrected chi connectivity index (χ1v) is 11.4. The highest BCUT2D eigenvalue weighted by atomic mass is 16.5. The number of nitrogens with one attached hydrogen (secondary N) is 1. The Bertz CT molecular complexity index is 952. The van der Waals surface area contributed by atoms with Crippen LogP contribution in [0, 0.1) is 6.92 Å². The molecule has 172 valence electrons. The van der Waals surface area contributed by atoms with Crippen LogP contribution in [0.25, 0.3) is 0 Å². The minimum absolute atomic E-state index is 0.00920. The molecule has 0 aliphatic carbocycles. The Morgan fingerprint density at radius 1 is 1.19 bits per heavy atom. The van der Waals surface area contributed by atoms with Gasteiger partial charge in [0.2, 0.25) is 0 Å². The minimum atomic E-state index is -0.00920. The fourth-order valence-electron chi connectivity index (χ4n) is 4.30. The molecule has 2 aliphatic heterocycles. The Labute approximate surface area is 190 Å². The van der Waals surface area contributed by atoms with Crippen molar-refractivity contribution in [2.24, 2.45) is 0 Å². The number of aromatic nitrogens is 2. The highest BCUT2D eigenvalue weighted by Crippen LogP contribution is 2.25. The molecule has 1 aromatic carbocycles. The maximum atomic E-state index is 13.3. The van der Waals surface area contributed by atoms with E-state index in [4.69, 9.17) is 14.7 Å². The summed E-state index contributed by atoms with van der Waals surface area (Å²) in [5.41, 5.74) is 3.83. The molecule has 1 atom stereocenters. The Kier molecular flexibility index (Phi) is 6.91. The van der Waals surface area contributed by atoms with E-state index in [2.05, 4.69) is 17.1 Å². The van der Waals surface area contributed by atoms with Gasteiger partial charge in [-0.3, -0.25) is 4.79 Å². The Balaban J connectivity index is 1.53. The summed E-state index contributed by atoms with van der Waals surface area (Å²) in [6.07, 6.45) is 2.17. The molecule has 1 N–H and O–H groups in total. The van der Waals surface area contributed by atoms with Crippen molar-refractivity contribution < 1.29 is 9.53 Å². The molecule has 8 heteroatoms. The first kappa shape index (κ1) is 22.5. The first-order chi connectivity index (χ1) is 15.4. The van der Waals surface area contributed by atoms with Gasteiger partial charge >= 0.3 is 0 Å². The summed E-state index contributed by atoms with van der Waals surface area (Å²) in [5.74, 6) is 1.67. The molecule has 2 saturated heterocycles. The maximum Gasteiger partial charge on any atom is 0.254 e. The lowest BCUT2D eigenvalue weighted by Crippen LogP contribution is -2.37. The van der Waals surface area contributed by atoms with Crippen LogP contribution < -0.4 is 15.1 Å². The number of hydrogen-bond donors (Lipinski definition) is 1. The lowest BCUT2D eigenvalue weighted by Gasteiger charge is -2.30. The number of carbonyl (C=O) groups excluding carboxylic acids is 1. The molecule has 2 aromatic rings. The van der Waals surface area contributed by atoms with Crippen LogP contribution in [0.3, 0.4) is 0 Å². The SMILES string of the molecule is Cc1ccc(C(=O)N(C)Cc2cc(N(C)C)nc(C3CCCN3)n2)cc1N1CCOCC1. The number of benzene rings is 1. The summed E-state index contributed by atoms with van der Waals surface area (Å²) in [4.78, 5) is 28.8. The number of rotatable bonds is 6. The topological polar surface area (TPSA) is 73.8 Å². The van der Waals surface area contributed by atoms with Crippen LogP contribution in [-0.2, 0) is 11.3 Å². The molecular weight excluding hydrogens is 404 g/mol. The van der Waals surface area contributed by atoms with E-state index >= 15 is 0 Å². The standard InChI is InChI=1S/C24H34N6O2/c1-17-7-8-18(14-21(17)30-10-12-32-13-11-30)24(31)29(4)16-19-15-22(28(2)3)27-23(26-19)20-6-5-9-25-20/h7-8,14-15,20,25H,5-6,9-13,16H2,1-4H3. The highest BCUT2D eigenvalue weighted by Gasteiger charge is 2.22. The van der Waals surface area contributed by atoms with Crippen LogP contribution in [0.1, 0.15) is 46.3 Å². The van der Waals surface area contributed by atoms with E-state index in [1.54, 1.807) is 4.90 Å². The van der Waals surface area contributed by atoms with Gasteiger partial charge in [-0.05, 0) is 44.0 Å². The van der Waals surface area contributed by atoms with Crippen LogP contribution in [0.4, 0.5) is 11.5 Å². The number of ether oxygens (including phenoxy) is 1. The largest absolute Gasteiger partial charge is 0.378 e. The second-order valence-electron chi connectivity index (χ2n) is 8.88. The van der Waals surface area contributed by atoms with Gasteiger partial charge < -0.3 is 24.8 Å². The maximum absolute atomic E-state index is 13.3. The minimum Gasteiger partial charge on any atom is -0.378 e. The van der Waals surface area contributed by atoms with Crippen LogP contribution >= 0.6 is 0 Å². The van der Waals surface area contributed by atoms with E-state index in [9.17, 15) is 4.79 Å². The molecule has 0 bridgehead atoms. The third-order valence-corrected chi connectivity index (χ3v) is 6.17. The van der Waals surface area contributed by atoms with Gasteiger partial charge in [0.25, 0.3) is 5.91 Å². The van der Waals surface area contributed by atoms with Crippen molar-refractivity contribution in [1.29, 1.82) is 0 Å². The molecule has 2 fully saturated rings. The second-order valence-corrected chi connectivity index (χ2v) is 8.88. The number of hydrogen-bond acceptors (Lipinski definition) is 7. The van der Waals surface area contributed by atoms with E-state index in [-0.39, 0.29) is 11.9 Å². The highest BCUT2D eigenvalue weighted by molar-refractivity contribution is 5.95. The number of anilines is 2. The van der Waals surface area contributed by atoms with Crippen molar-refractivity contribution in [3.05, 3.63) is 46.9 Å². The average Bonchev–Trinajstić information content (AvgIpc) is 3.34. The van der Waals surface area contributed by atoms with Crippen molar-refractivity contribution in [1.82, 2.24) is 20.2 Å². The van der Waals surface area contributed by atoms with Crippen LogP contribution in [0.2, 0.25) is 0 Å². The van der Waals surface area contributed by atoms with Gasteiger partial charge in [-0.15, -0.1) is 0 Å². The van der Waals surface area contributed by atoms with Crippen LogP contribution in [-0.4, -0.2) is 74.8 Å². The van der Waals surface area contributed by atoms with Crippen LogP contribution in [0.5, 0.6) is 0 Å². The summed E-state index contributed by atoms with van der Waals surface area (Å²) in [7, 11) is 5.79. The van der Waals surface area contributed by atoms with Gasteiger partial charge in [0, 0.05) is 51.5 Å². The fourth-order valence-corrected chi connectivity index (χ4v) is 4.30. The van der Waals surface area contributed by atoms with E-state index < -0.39 is 0 Å². The summed E-state index contributed by atoms with van der Waals surface area (Å²) in [6.45, 7) is 6.65. The van der Waals surface area contributed by atoms with Gasteiger partial charge in [0.15, 0.2) is 0 Å². The van der Waals surface area contributed by atoms with Crippen molar-refractivity contribution in [3.63, 3.8) is 0 Å². The van der Waals surface area contributed by atoms with Crippen molar-refractivity contribution in [2.45, 2.75) is 32.4 Å². The molecule has 32 heavy (non-hydrogen) atoms. The summed E-state index contributed by atoms with van der Waals surface area (Å²) in [5, 5.41) is 3.47. The van der Waals surface area contributed by atoms with Crippen molar-refractivity contribution >= 4 is 17.4 Å². The lowest BCUT2D eigenvalue weighted by molar-refractivity contribution is 0.0783. The lowest BCUT2D eigenvalue weighted by atomic mass is 10.1. The zero-order chi connectivity index (χ0) is 22.7. The Morgan fingerprint density at radius 3 is 2.66 bits per heavy atom. The molecule has 1 amide bonds. The number of aryl methyl sites for hydroxylation is 1. The van der Waals surface area contributed by atoms with Gasteiger partial charge in [-0.1, -0.05) is 6.07 Å². The van der Waals surface area contributed by atoms with E-state index in [1.165, 1.54) is 5.56 Å². The number of morpholine rings is 1. The molecule has 2 aliphatic rings. The fraction of sp³-hybridized carbons (Fsp3) is 0.542. The summed E-state index contributed by atoms with van der Waals surface area (Å²) in [6, 6.07) is 8.11. The van der Waals surface area contributed by atoms with Gasteiger partial charge in [0.1, 0.15) is 11.6 Å². The molecule has 0 radical (unpaired) electrons. The first-order valence-electron chi connectivity index (χ1n) is 11.4. The van der Waals surface area contributed by atoms with Gasteiger partial charge in [-0.25, -0.2) is 9.97 Å². The van der Waals surface area contributed by atoms with Gasteiger partial charge in [-0.2, -0.15) is 0 Å².